The van der Waals surface area contributed by atoms with Crippen LogP contribution < -0.4 is 15.8 Å². The molecule has 1 rings (SSSR count). The van der Waals surface area contributed by atoms with Crippen molar-refractivity contribution in [1.82, 2.24) is 0 Å². The lowest BCUT2D eigenvalue weighted by atomic mass is 10.2. The smallest absolute Gasteiger partial charge is 0.142 e. The normalized spacial score (nSPS) is 11.9. The van der Waals surface area contributed by atoms with Crippen molar-refractivity contribution in [2.45, 2.75) is 6.92 Å². The third-order valence-electron chi connectivity index (χ3n) is 2.25. The molecule has 1 unspecified atom stereocenters. The number of hydrogen-bond acceptors (Lipinski definition) is 3. The number of thiocarbonyl (C=S) groups is 1. The monoisotopic (exact) mass is 258 g/mol. The van der Waals surface area contributed by atoms with E-state index in [9.17, 15) is 0 Å². The van der Waals surface area contributed by atoms with Gasteiger partial charge in [-0.15, -0.1) is 0 Å². The first kappa shape index (κ1) is 13.1. The van der Waals surface area contributed by atoms with Crippen LogP contribution in [0.15, 0.2) is 18.2 Å². The molecule has 0 radical (unpaired) electrons. The number of methoxy groups -OCH3 is 1. The molecule has 5 heteroatoms. The highest BCUT2D eigenvalue weighted by molar-refractivity contribution is 7.80. The number of nitrogens with one attached hydrogen (secondary N) is 1. The Balaban J connectivity index is 2.72. The molecule has 0 aromatic heterocycles. The Hall–Kier alpha value is -1.00. The van der Waals surface area contributed by atoms with Crippen LogP contribution >= 0.6 is 23.8 Å². The molecule has 0 aliphatic rings. The molecular weight excluding hydrogens is 244 g/mol. The Bertz CT molecular complexity index is 384. The predicted molar refractivity (Wildman–Crippen MR) is 72.4 cm³/mol. The van der Waals surface area contributed by atoms with Crippen LogP contribution in [0.5, 0.6) is 5.75 Å². The van der Waals surface area contributed by atoms with Crippen molar-refractivity contribution in [3.63, 3.8) is 0 Å². The molecule has 0 fully saturated rings. The number of benzene rings is 1. The molecule has 0 amide bonds. The van der Waals surface area contributed by atoms with Crippen LogP contribution in [0, 0.1) is 5.92 Å². The van der Waals surface area contributed by atoms with Crippen molar-refractivity contribution in [1.29, 1.82) is 0 Å². The highest BCUT2D eigenvalue weighted by Gasteiger charge is 2.07. The lowest BCUT2D eigenvalue weighted by molar-refractivity contribution is 0.416. The number of anilines is 1. The van der Waals surface area contributed by atoms with Crippen molar-refractivity contribution < 1.29 is 4.74 Å². The van der Waals surface area contributed by atoms with E-state index >= 15 is 0 Å². The minimum absolute atomic E-state index is 0.124. The first-order valence-electron chi connectivity index (χ1n) is 4.91. The summed E-state index contributed by atoms with van der Waals surface area (Å²) < 4.78 is 5.21. The zero-order valence-electron chi connectivity index (χ0n) is 9.29. The van der Waals surface area contributed by atoms with Gasteiger partial charge in [-0.25, -0.2) is 0 Å². The minimum Gasteiger partial charge on any atom is -0.495 e. The van der Waals surface area contributed by atoms with E-state index in [1.807, 2.05) is 19.1 Å². The maximum absolute atomic E-state index is 5.91. The number of halogens is 1. The van der Waals surface area contributed by atoms with Crippen LogP contribution in [0.3, 0.4) is 0 Å². The number of ether oxygens (including phenoxy) is 1. The summed E-state index contributed by atoms with van der Waals surface area (Å²) in [5.41, 5.74) is 6.38. The lowest BCUT2D eigenvalue weighted by Crippen LogP contribution is -2.25. The summed E-state index contributed by atoms with van der Waals surface area (Å²) in [4.78, 5) is 0.494. The molecule has 88 valence electrons. The Labute approximate surface area is 106 Å². The van der Waals surface area contributed by atoms with Crippen molar-refractivity contribution in [2.24, 2.45) is 11.7 Å². The van der Waals surface area contributed by atoms with Crippen LogP contribution in [0.4, 0.5) is 5.69 Å². The second-order valence-corrected chi connectivity index (χ2v) is 4.44. The van der Waals surface area contributed by atoms with Crippen molar-refractivity contribution in [3.05, 3.63) is 23.2 Å². The highest BCUT2D eigenvalue weighted by Crippen LogP contribution is 2.27. The molecule has 16 heavy (non-hydrogen) atoms. The summed E-state index contributed by atoms with van der Waals surface area (Å²) in [5, 5.41) is 3.87. The maximum Gasteiger partial charge on any atom is 0.142 e. The van der Waals surface area contributed by atoms with Crippen molar-refractivity contribution >= 4 is 34.5 Å². The average molecular weight is 259 g/mol. The number of rotatable bonds is 5. The first-order chi connectivity index (χ1) is 7.54. The second-order valence-electron chi connectivity index (χ2n) is 3.53. The van der Waals surface area contributed by atoms with Crippen LogP contribution in [0.2, 0.25) is 5.02 Å². The van der Waals surface area contributed by atoms with Gasteiger partial charge in [0.2, 0.25) is 0 Å². The largest absolute Gasteiger partial charge is 0.495 e. The van der Waals surface area contributed by atoms with Crippen molar-refractivity contribution in [3.8, 4) is 5.75 Å². The first-order valence-corrected chi connectivity index (χ1v) is 5.70. The van der Waals surface area contributed by atoms with Gasteiger partial charge in [0, 0.05) is 17.5 Å². The van der Waals surface area contributed by atoms with Gasteiger partial charge < -0.3 is 15.8 Å². The molecular formula is C11H15ClN2OS. The molecule has 0 heterocycles. The van der Waals surface area contributed by atoms with E-state index in [1.54, 1.807) is 13.2 Å². The van der Waals surface area contributed by atoms with Gasteiger partial charge in [-0.3, -0.25) is 0 Å². The standard InChI is InChI=1S/C11H15ClN2OS/c1-7(11(13)16)6-14-9-5-8(12)3-4-10(9)15-2/h3-5,7,14H,6H2,1-2H3,(H2,13,16). The molecule has 0 saturated carbocycles. The van der Waals surface area contributed by atoms with Gasteiger partial charge in [0.05, 0.1) is 17.8 Å². The Morgan fingerprint density at radius 2 is 2.31 bits per heavy atom. The fourth-order valence-electron chi connectivity index (χ4n) is 1.18. The Morgan fingerprint density at radius 3 is 2.88 bits per heavy atom. The fraction of sp³-hybridized carbons (Fsp3) is 0.364. The number of hydrogen-bond donors (Lipinski definition) is 2. The highest BCUT2D eigenvalue weighted by atomic mass is 35.5. The zero-order chi connectivity index (χ0) is 12.1. The zero-order valence-corrected chi connectivity index (χ0v) is 10.9. The van der Waals surface area contributed by atoms with Gasteiger partial charge in [-0.1, -0.05) is 30.7 Å². The van der Waals surface area contributed by atoms with Gasteiger partial charge >= 0.3 is 0 Å². The Morgan fingerprint density at radius 1 is 1.62 bits per heavy atom. The molecule has 0 bridgehead atoms. The predicted octanol–water partition coefficient (Wildman–Crippen LogP) is 2.68. The summed E-state index contributed by atoms with van der Waals surface area (Å²) in [6, 6.07) is 5.41. The molecule has 3 nitrogen and oxygen atoms in total. The van der Waals surface area contributed by atoms with Crippen molar-refractivity contribution in [2.75, 3.05) is 19.0 Å². The molecule has 0 spiro atoms. The summed E-state index contributed by atoms with van der Waals surface area (Å²) >= 11 is 10.8. The van der Waals surface area contributed by atoms with E-state index in [-0.39, 0.29) is 5.92 Å². The molecule has 0 saturated heterocycles. The van der Waals surface area contributed by atoms with Crippen LogP contribution in [-0.4, -0.2) is 18.6 Å². The Kier molecular flexibility index (Phi) is 4.83. The van der Waals surface area contributed by atoms with E-state index in [0.29, 0.717) is 16.6 Å². The quantitative estimate of drug-likeness (QED) is 0.798. The SMILES string of the molecule is COc1ccc(Cl)cc1NCC(C)C(N)=S. The van der Waals surface area contributed by atoms with Gasteiger partial charge in [-0.2, -0.15) is 0 Å². The summed E-state index contributed by atoms with van der Waals surface area (Å²) in [5.74, 6) is 0.873. The van der Waals surface area contributed by atoms with Crippen LogP contribution in [0.1, 0.15) is 6.92 Å². The molecule has 3 N–H and O–H groups in total. The van der Waals surface area contributed by atoms with E-state index in [1.165, 1.54) is 0 Å². The molecule has 0 aliphatic carbocycles. The fourth-order valence-corrected chi connectivity index (χ4v) is 1.44. The molecule has 1 aromatic rings. The van der Waals surface area contributed by atoms with Crippen LogP contribution in [0.25, 0.3) is 0 Å². The van der Waals surface area contributed by atoms with Gasteiger partial charge in [0.15, 0.2) is 0 Å². The molecule has 1 atom stereocenters. The van der Waals surface area contributed by atoms with E-state index < -0.39 is 0 Å². The van der Waals surface area contributed by atoms with Gasteiger partial charge in [0.1, 0.15) is 5.75 Å². The van der Waals surface area contributed by atoms with E-state index in [0.717, 1.165) is 11.4 Å². The summed E-state index contributed by atoms with van der Waals surface area (Å²) in [6.45, 7) is 2.62. The van der Waals surface area contributed by atoms with E-state index in [4.69, 9.17) is 34.3 Å². The summed E-state index contributed by atoms with van der Waals surface area (Å²) in [7, 11) is 1.62. The third-order valence-corrected chi connectivity index (χ3v) is 2.88. The topological polar surface area (TPSA) is 47.3 Å². The average Bonchev–Trinajstić information content (AvgIpc) is 2.25. The van der Waals surface area contributed by atoms with Gasteiger partial charge in [-0.05, 0) is 18.2 Å². The van der Waals surface area contributed by atoms with Gasteiger partial charge in [0.25, 0.3) is 0 Å². The minimum atomic E-state index is 0.124. The molecule has 1 aromatic carbocycles. The number of nitrogens with two attached hydrogens (primary N) is 1. The summed E-state index contributed by atoms with van der Waals surface area (Å²) in [6.07, 6.45) is 0. The maximum atomic E-state index is 5.91. The van der Waals surface area contributed by atoms with Crippen LogP contribution in [-0.2, 0) is 0 Å². The third kappa shape index (κ3) is 3.54. The second kappa shape index (κ2) is 5.92. The molecule has 0 aliphatic heterocycles. The van der Waals surface area contributed by atoms with E-state index in [2.05, 4.69) is 5.32 Å². The lowest BCUT2D eigenvalue weighted by Gasteiger charge is -2.14.